The van der Waals surface area contributed by atoms with Gasteiger partial charge < -0.3 is 4.74 Å². The third-order valence-corrected chi connectivity index (χ3v) is 3.38. The van der Waals surface area contributed by atoms with Gasteiger partial charge in [0.05, 0.1) is 24.3 Å². The standard InChI is InChI=1S/C12H12F3N3O2/c13-12(14,15)8-1-2-9(16-5-8)6-17-18-7-11(3-4-11)20-10(18)19/h1-2,5,17H,3-4,6-7H2. The van der Waals surface area contributed by atoms with E-state index in [9.17, 15) is 18.0 Å². The van der Waals surface area contributed by atoms with E-state index in [-0.39, 0.29) is 12.1 Å². The van der Waals surface area contributed by atoms with Gasteiger partial charge in [-0.25, -0.2) is 15.2 Å². The Morgan fingerprint density at radius 2 is 2.15 bits per heavy atom. The minimum Gasteiger partial charge on any atom is -0.440 e. The lowest BCUT2D eigenvalue weighted by Crippen LogP contribution is -2.39. The monoisotopic (exact) mass is 287 g/mol. The Morgan fingerprint density at radius 3 is 2.65 bits per heavy atom. The van der Waals surface area contributed by atoms with Crippen molar-refractivity contribution in [1.82, 2.24) is 15.4 Å². The van der Waals surface area contributed by atoms with Crippen LogP contribution in [0.5, 0.6) is 0 Å². The van der Waals surface area contributed by atoms with Crippen LogP contribution in [0.3, 0.4) is 0 Å². The molecule has 2 heterocycles. The summed E-state index contributed by atoms with van der Waals surface area (Å²) in [5.41, 5.74) is 2.11. The number of carbonyl (C=O) groups excluding carboxylic acids is 1. The molecule has 2 aliphatic rings. The third-order valence-electron chi connectivity index (χ3n) is 3.38. The molecule has 20 heavy (non-hydrogen) atoms. The maximum atomic E-state index is 12.4. The van der Waals surface area contributed by atoms with E-state index >= 15 is 0 Å². The van der Waals surface area contributed by atoms with Crippen LogP contribution in [0.25, 0.3) is 0 Å². The SMILES string of the molecule is O=C1OC2(CC2)CN1NCc1ccc(C(F)(F)F)cn1. The first kappa shape index (κ1) is 13.2. The van der Waals surface area contributed by atoms with Gasteiger partial charge in [0.25, 0.3) is 0 Å². The molecule has 5 nitrogen and oxygen atoms in total. The van der Waals surface area contributed by atoms with Crippen LogP contribution in [0.15, 0.2) is 18.3 Å². The average Bonchev–Trinajstić information content (AvgIpc) is 3.05. The van der Waals surface area contributed by atoms with Crippen molar-refractivity contribution < 1.29 is 22.7 Å². The number of nitrogens with one attached hydrogen (secondary N) is 1. The Morgan fingerprint density at radius 1 is 1.40 bits per heavy atom. The highest BCUT2D eigenvalue weighted by Gasteiger charge is 2.54. The van der Waals surface area contributed by atoms with Crippen molar-refractivity contribution in [3.8, 4) is 0 Å². The van der Waals surface area contributed by atoms with Crippen molar-refractivity contribution in [3.05, 3.63) is 29.6 Å². The van der Waals surface area contributed by atoms with Crippen LogP contribution in [-0.2, 0) is 17.5 Å². The first-order valence-corrected chi connectivity index (χ1v) is 6.14. The Bertz CT molecular complexity index is 526. The summed E-state index contributed by atoms with van der Waals surface area (Å²) in [6.07, 6.45) is -2.35. The van der Waals surface area contributed by atoms with Crippen molar-refractivity contribution in [3.63, 3.8) is 0 Å². The lowest BCUT2D eigenvalue weighted by Gasteiger charge is -2.14. The van der Waals surface area contributed by atoms with E-state index in [4.69, 9.17) is 4.74 Å². The predicted molar refractivity (Wildman–Crippen MR) is 61.2 cm³/mol. The molecule has 0 bridgehead atoms. The van der Waals surface area contributed by atoms with Gasteiger partial charge in [-0.3, -0.25) is 4.98 Å². The van der Waals surface area contributed by atoms with Gasteiger partial charge in [-0.2, -0.15) is 13.2 Å². The molecule has 1 N–H and O–H groups in total. The maximum absolute atomic E-state index is 12.4. The first-order valence-electron chi connectivity index (χ1n) is 6.14. The van der Waals surface area contributed by atoms with Crippen molar-refractivity contribution in [2.75, 3.05) is 6.54 Å². The number of alkyl halides is 3. The molecular weight excluding hydrogens is 275 g/mol. The minimum absolute atomic E-state index is 0.170. The summed E-state index contributed by atoms with van der Waals surface area (Å²) in [7, 11) is 0. The van der Waals surface area contributed by atoms with Crippen LogP contribution in [0.2, 0.25) is 0 Å². The van der Waals surface area contributed by atoms with Gasteiger partial charge in [0.1, 0.15) is 5.60 Å². The maximum Gasteiger partial charge on any atom is 0.425 e. The molecule has 1 aliphatic carbocycles. The summed E-state index contributed by atoms with van der Waals surface area (Å²) in [5.74, 6) is 0. The largest absolute Gasteiger partial charge is 0.440 e. The van der Waals surface area contributed by atoms with Crippen molar-refractivity contribution in [2.45, 2.75) is 31.2 Å². The van der Waals surface area contributed by atoms with Gasteiger partial charge in [0.2, 0.25) is 0 Å². The molecule has 1 aromatic heterocycles. The molecule has 0 aromatic carbocycles. The molecule has 2 fully saturated rings. The number of hydrogen-bond donors (Lipinski definition) is 1. The Labute approximate surface area is 112 Å². The number of ether oxygens (including phenoxy) is 1. The quantitative estimate of drug-likeness (QED) is 0.925. The van der Waals surface area contributed by atoms with Gasteiger partial charge in [-0.1, -0.05) is 0 Å². The van der Waals surface area contributed by atoms with Gasteiger partial charge in [-0.05, 0) is 25.0 Å². The number of nitrogens with zero attached hydrogens (tertiary/aromatic N) is 2. The number of halogens is 3. The first-order chi connectivity index (χ1) is 9.38. The summed E-state index contributed by atoms with van der Waals surface area (Å²) in [6.45, 7) is 0.635. The van der Waals surface area contributed by atoms with Crippen molar-refractivity contribution in [1.29, 1.82) is 0 Å². The molecule has 3 rings (SSSR count). The Balaban J connectivity index is 1.57. The van der Waals surface area contributed by atoms with Gasteiger partial charge in [0, 0.05) is 6.20 Å². The molecule has 0 unspecified atom stereocenters. The fraction of sp³-hybridized carbons (Fsp3) is 0.500. The topological polar surface area (TPSA) is 54.5 Å². The van der Waals surface area contributed by atoms with Crippen LogP contribution in [0, 0.1) is 0 Å². The van der Waals surface area contributed by atoms with E-state index in [0.717, 1.165) is 25.1 Å². The van der Waals surface area contributed by atoms with E-state index in [2.05, 4.69) is 10.4 Å². The number of hydrazine groups is 1. The highest BCUT2D eigenvalue weighted by Crippen LogP contribution is 2.43. The molecule has 8 heteroatoms. The zero-order valence-corrected chi connectivity index (χ0v) is 10.4. The smallest absolute Gasteiger partial charge is 0.425 e. The fourth-order valence-electron chi connectivity index (χ4n) is 2.02. The van der Waals surface area contributed by atoms with E-state index in [1.54, 1.807) is 0 Å². The van der Waals surface area contributed by atoms with Crippen LogP contribution in [0.1, 0.15) is 24.1 Å². The molecule has 0 radical (unpaired) electrons. The lowest BCUT2D eigenvalue weighted by atomic mass is 10.2. The van der Waals surface area contributed by atoms with Crippen molar-refractivity contribution in [2.24, 2.45) is 0 Å². The fourth-order valence-corrected chi connectivity index (χ4v) is 2.02. The van der Waals surface area contributed by atoms with Crippen LogP contribution >= 0.6 is 0 Å². The molecule has 1 saturated heterocycles. The van der Waals surface area contributed by atoms with Crippen molar-refractivity contribution >= 4 is 6.09 Å². The number of hydrogen-bond acceptors (Lipinski definition) is 4. The van der Waals surface area contributed by atoms with Gasteiger partial charge in [0.15, 0.2) is 0 Å². The molecule has 1 spiro atoms. The Kier molecular flexibility index (Phi) is 2.86. The third kappa shape index (κ3) is 2.55. The second-order valence-corrected chi connectivity index (χ2v) is 5.01. The predicted octanol–water partition coefficient (Wildman–Crippen LogP) is 2.09. The van der Waals surface area contributed by atoms with E-state index in [1.807, 2.05) is 0 Å². The number of aromatic nitrogens is 1. The van der Waals surface area contributed by atoms with Crippen LogP contribution in [0.4, 0.5) is 18.0 Å². The second-order valence-electron chi connectivity index (χ2n) is 5.01. The number of rotatable bonds is 3. The van der Waals surface area contributed by atoms with E-state index in [1.165, 1.54) is 11.1 Å². The molecular formula is C12H12F3N3O2. The highest BCUT2D eigenvalue weighted by molar-refractivity contribution is 5.70. The number of carbonyl (C=O) groups is 1. The summed E-state index contributed by atoms with van der Waals surface area (Å²) in [5, 5.41) is 1.34. The normalized spacial score (nSPS) is 20.4. The zero-order valence-electron chi connectivity index (χ0n) is 10.4. The van der Waals surface area contributed by atoms with E-state index in [0.29, 0.717) is 12.2 Å². The van der Waals surface area contributed by atoms with E-state index < -0.39 is 17.8 Å². The molecule has 108 valence electrons. The number of pyridine rings is 1. The lowest BCUT2D eigenvalue weighted by molar-refractivity contribution is -0.137. The molecule has 1 saturated carbocycles. The molecule has 1 amide bonds. The van der Waals surface area contributed by atoms with Gasteiger partial charge >= 0.3 is 12.3 Å². The average molecular weight is 287 g/mol. The summed E-state index contributed by atoms with van der Waals surface area (Å²) < 4.78 is 42.3. The summed E-state index contributed by atoms with van der Waals surface area (Å²) in [4.78, 5) is 15.2. The molecule has 0 atom stereocenters. The minimum atomic E-state index is -4.39. The summed E-state index contributed by atoms with van der Waals surface area (Å²) in [6, 6.07) is 2.25. The summed E-state index contributed by atoms with van der Waals surface area (Å²) >= 11 is 0. The zero-order chi connectivity index (χ0) is 14.4. The Hall–Kier alpha value is -1.83. The van der Waals surface area contributed by atoms with Crippen LogP contribution < -0.4 is 5.43 Å². The van der Waals surface area contributed by atoms with Crippen LogP contribution in [-0.4, -0.2) is 28.2 Å². The second kappa shape index (κ2) is 4.34. The molecule has 1 aromatic rings. The highest BCUT2D eigenvalue weighted by atomic mass is 19.4. The van der Waals surface area contributed by atoms with Gasteiger partial charge in [-0.15, -0.1) is 0 Å². The molecule has 1 aliphatic heterocycles. The number of amides is 1.